The highest BCUT2D eigenvalue weighted by molar-refractivity contribution is 7.98. The Morgan fingerprint density at radius 2 is 2.08 bits per heavy atom. The van der Waals surface area contributed by atoms with Crippen LogP contribution in [0.4, 0.5) is 0 Å². The molecular formula is C17H14ClN3O3S. The third-order valence-electron chi connectivity index (χ3n) is 3.59. The van der Waals surface area contributed by atoms with Crippen LogP contribution in [0.2, 0.25) is 5.15 Å². The number of esters is 1. The first-order valence-corrected chi connectivity index (χ1v) is 8.72. The number of para-hydroxylation sites is 1. The number of hydrogen-bond acceptors (Lipinski definition) is 6. The number of carbonyl (C=O) groups excluding carboxylic acids is 1. The molecular weight excluding hydrogens is 362 g/mol. The van der Waals surface area contributed by atoms with Crippen molar-refractivity contribution in [3.63, 3.8) is 0 Å². The van der Waals surface area contributed by atoms with Crippen molar-refractivity contribution < 1.29 is 9.53 Å². The maximum Gasteiger partial charge on any atom is 0.346 e. The number of halogens is 1. The van der Waals surface area contributed by atoms with Crippen LogP contribution in [0.1, 0.15) is 21.6 Å². The van der Waals surface area contributed by atoms with E-state index in [4.69, 9.17) is 16.3 Å². The molecule has 0 bridgehead atoms. The first-order chi connectivity index (χ1) is 12.0. The van der Waals surface area contributed by atoms with Crippen LogP contribution in [-0.2, 0) is 10.5 Å². The Bertz CT molecular complexity index is 1020. The summed E-state index contributed by atoms with van der Waals surface area (Å²) in [5, 5.41) is 1.65. The van der Waals surface area contributed by atoms with Crippen molar-refractivity contribution in [2.24, 2.45) is 0 Å². The fourth-order valence-corrected chi connectivity index (χ4v) is 3.72. The second kappa shape index (κ2) is 7.25. The molecule has 1 N–H and O–H groups in total. The van der Waals surface area contributed by atoms with Gasteiger partial charge in [-0.3, -0.25) is 0 Å². The average molecular weight is 376 g/mol. The van der Waals surface area contributed by atoms with Gasteiger partial charge in [0.1, 0.15) is 15.7 Å². The molecule has 128 valence electrons. The van der Waals surface area contributed by atoms with Gasteiger partial charge in [-0.25, -0.2) is 14.6 Å². The molecule has 3 aromatic rings. The zero-order valence-corrected chi connectivity index (χ0v) is 15.1. The number of H-pyrrole nitrogens is 1. The number of nitrogens with one attached hydrogen (secondary N) is 1. The number of nitrogens with zero attached hydrogens (tertiary/aromatic N) is 2. The van der Waals surface area contributed by atoms with E-state index in [1.54, 1.807) is 6.92 Å². The van der Waals surface area contributed by atoms with Crippen molar-refractivity contribution in [1.82, 2.24) is 15.0 Å². The van der Waals surface area contributed by atoms with Crippen LogP contribution in [0.25, 0.3) is 10.9 Å². The van der Waals surface area contributed by atoms with Gasteiger partial charge >= 0.3 is 11.7 Å². The number of pyridine rings is 1. The topological polar surface area (TPSA) is 84.9 Å². The van der Waals surface area contributed by atoms with Crippen molar-refractivity contribution in [1.29, 1.82) is 0 Å². The van der Waals surface area contributed by atoms with Crippen LogP contribution in [0.3, 0.4) is 0 Å². The van der Waals surface area contributed by atoms with Crippen LogP contribution in [-0.4, -0.2) is 28.0 Å². The van der Waals surface area contributed by atoms with Crippen LogP contribution < -0.4 is 5.69 Å². The molecule has 1 aromatic carbocycles. The van der Waals surface area contributed by atoms with E-state index in [2.05, 4.69) is 15.0 Å². The lowest BCUT2D eigenvalue weighted by Crippen LogP contribution is -2.19. The summed E-state index contributed by atoms with van der Waals surface area (Å²) >= 11 is 7.50. The number of thioether (sulfide) groups is 1. The quantitative estimate of drug-likeness (QED) is 0.326. The number of benzene rings is 1. The number of aromatic amines is 1. The first-order valence-electron chi connectivity index (χ1n) is 7.36. The minimum absolute atomic E-state index is 0.247. The molecule has 0 aliphatic heterocycles. The molecule has 0 saturated heterocycles. The number of aryl methyl sites for hydroxylation is 1. The van der Waals surface area contributed by atoms with Crippen LogP contribution in [0, 0.1) is 6.92 Å². The molecule has 0 fully saturated rings. The summed E-state index contributed by atoms with van der Waals surface area (Å²) in [6.07, 6.45) is 0. The Hall–Kier alpha value is -2.38. The van der Waals surface area contributed by atoms with E-state index in [0.29, 0.717) is 21.6 Å². The lowest BCUT2D eigenvalue weighted by atomic mass is 10.2. The Morgan fingerprint density at radius 3 is 2.84 bits per heavy atom. The molecule has 0 aliphatic rings. The number of rotatable bonds is 4. The van der Waals surface area contributed by atoms with Crippen LogP contribution in [0.15, 0.2) is 40.2 Å². The van der Waals surface area contributed by atoms with Crippen molar-refractivity contribution in [3.8, 4) is 0 Å². The van der Waals surface area contributed by atoms with E-state index in [9.17, 15) is 9.59 Å². The summed E-state index contributed by atoms with van der Waals surface area (Å²) in [6.45, 7) is 1.63. The van der Waals surface area contributed by atoms with Crippen molar-refractivity contribution in [2.75, 3.05) is 7.11 Å². The van der Waals surface area contributed by atoms with Gasteiger partial charge < -0.3 is 9.72 Å². The summed E-state index contributed by atoms with van der Waals surface area (Å²) < 4.78 is 4.78. The summed E-state index contributed by atoms with van der Waals surface area (Å²) in [6, 6.07) is 9.59. The van der Waals surface area contributed by atoms with Gasteiger partial charge in [-0.15, -0.1) is 11.8 Å². The van der Waals surface area contributed by atoms with E-state index in [1.807, 2.05) is 30.3 Å². The van der Waals surface area contributed by atoms with Crippen molar-refractivity contribution >= 4 is 40.2 Å². The molecule has 2 heterocycles. The summed E-state index contributed by atoms with van der Waals surface area (Å²) in [5.41, 5.74) is 1.74. The average Bonchev–Trinajstić information content (AvgIpc) is 2.58. The van der Waals surface area contributed by atoms with E-state index in [0.717, 1.165) is 16.5 Å². The maximum absolute atomic E-state index is 12.0. The minimum atomic E-state index is -0.550. The number of fused-ring (bicyclic) bond motifs is 1. The van der Waals surface area contributed by atoms with Crippen LogP contribution >= 0.6 is 23.4 Å². The van der Waals surface area contributed by atoms with Gasteiger partial charge in [-0.2, -0.15) is 4.98 Å². The smallest absolute Gasteiger partial charge is 0.346 e. The minimum Gasteiger partial charge on any atom is -0.465 e. The molecule has 0 saturated carbocycles. The summed E-state index contributed by atoms with van der Waals surface area (Å²) in [5.74, 6) is -0.136. The van der Waals surface area contributed by atoms with Gasteiger partial charge in [0.2, 0.25) is 0 Å². The molecule has 0 unspecified atom stereocenters. The molecule has 8 heteroatoms. The number of carbonyl (C=O) groups is 1. The first kappa shape index (κ1) is 17.4. The van der Waals surface area contributed by atoms with E-state index in [1.165, 1.54) is 18.9 Å². The van der Waals surface area contributed by atoms with Gasteiger partial charge in [0, 0.05) is 22.4 Å². The van der Waals surface area contributed by atoms with E-state index < -0.39 is 11.7 Å². The van der Waals surface area contributed by atoms with Gasteiger partial charge in [0.05, 0.1) is 12.6 Å². The SMILES string of the molecule is COC(=O)c1c(SCc2cc3ccccc3nc2Cl)nc(=O)[nH]c1C. The highest BCUT2D eigenvalue weighted by Crippen LogP contribution is 2.29. The molecule has 0 radical (unpaired) electrons. The molecule has 6 nitrogen and oxygen atoms in total. The number of hydrogen-bond donors (Lipinski definition) is 1. The molecule has 0 spiro atoms. The molecule has 2 aromatic heterocycles. The van der Waals surface area contributed by atoms with Gasteiger partial charge in [0.15, 0.2) is 0 Å². The third kappa shape index (κ3) is 3.67. The van der Waals surface area contributed by atoms with Crippen molar-refractivity contribution in [3.05, 3.63) is 62.8 Å². The van der Waals surface area contributed by atoms with Gasteiger partial charge in [-0.05, 0) is 19.1 Å². The highest BCUT2D eigenvalue weighted by Gasteiger charge is 2.19. The monoisotopic (exact) mass is 375 g/mol. The largest absolute Gasteiger partial charge is 0.465 e. The Kier molecular flexibility index (Phi) is 5.06. The third-order valence-corrected chi connectivity index (χ3v) is 4.94. The normalized spacial score (nSPS) is 10.8. The maximum atomic E-state index is 12.0. The lowest BCUT2D eigenvalue weighted by molar-refractivity contribution is 0.0594. The molecule has 25 heavy (non-hydrogen) atoms. The van der Waals surface area contributed by atoms with Crippen molar-refractivity contribution in [2.45, 2.75) is 17.7 Å². The second-order valence-corrected chi connectivity index (χ2v) is 6.58. The summed E-state index contributed by atoms with van der Waals surface area (Å²) in [4.78, 5) is 34.4. The molecule has 0 amide bonds. The highest BCUT2D eigenvalue weighted by atomic mass is 35.5. The van der Waals surface area contributed by atoms with E-state index in [-0.39, 0.29) is 5.56 Å². The predicted molar refractivity (Wildman–Crippen MR) is 97.2 cm³/mol. The number of methoxy groups -OCH3 is 1. The Balaban J connectivity index is 1.95. The molecule has 0 aliphatic carbocycles. The van der Waals surface area contributed by atoms with Crippen LogP contribution in [0.5, 0.6) is 0 Å². The standard InChI is InChI=1S/C17H14ClN3O3S/c1-9-13(16(22)24-2)15(21-17(23)19-9)25-8-11-7-10-5-3-4-6-12(10)20-14(11)18/h3-7H,8H2,1-2H3,(H,19,21,23). The fraction of sp³-hybridized carbons (Fsp3) is 0.176. The lowest BCUT2D eigenvalue weighted by Gasteiger charge is -2.10. The Morgan fingerprint density at radius 1 is 1.32 bits per heavy atom. The van der Waals surface area contributed by atoms with Gasteiger partial charge in [0.25, 0.3) is 0 Å². The zero-order chi connectivity index (χ0) is 18.0. The fourth-order valence-electron chi connectivity index (χ4n) is 2.39. The number of ether oxygens (including phenoxy) is 1. The summed E-state index contributed by atoms with van der Waals surface area (Å²) in [7, 11) is 1.28. The van der Waals surface area contributed by atoms with E-state index >= 15 is 0 Å². The number of aromatic nitrogens is 3. The second-order valence-electron chi connectivity index (χ2n) is 5.26. The molecule has 3 rings (SSSR count). The van der Waals surface area contributed by atoms with Gasteiger partial charge in [-0.1, -0.05) is 29.8 Å². The predicted octanol–water partition coefficient (Wildman–Crippen LogP) is 3.36. The molecule has 0 atom stereocenters. The zero-order valence-electron chi connectivity index (χ0n) is 13.5. The Labute approximate surface area is 152 Å².